The maximum absolute atomic E-state index is 10.2. The average Bonchev–Trinajstić information content (AvgIpc) is 2.58. The van der Waals surface area contributed by atoms with E-state index in [1.165, 1.54) is 35.5 Å². The van der Waals surface area contributed by atoms with E-state index in [9.17, 15) is 10.5 Å². The Bertz CT molecular complexity index is 476. The highest BCUT2D eigenvalue weighted by Gasteiger charge is 2.65. The van der Waals surface area contributed by atoms with Gasteiger partial charge in [0.2, 0.25) is 0 Å². The van der Waals surface area contributed by atoms with Crippen molar-refractivity contribution in [1.29, 1.82) is 10.5 Å². The van der Waals surface area contributed by atoms with Crippen molar-refractivity contribution >= 4 is 0 Å². The van der Waals surface area contributed by atoms with Gasteiger partial charge in [-0.05, 0) is 32.1 Å². The maximum atomic E-state index is 10.2. The summed E-state index contributed by atoms with van der Waals surface area (Å²) in [7, 11) is 4.36. The summed E-state index contributed by atoms with van der Waals surface area (Å²) in [6, 6.07) is 5.58. The molecular formula is C19H32N4+2. The zero-order valence-electron chi connectivity index (χ0n) is 14.8. The first kappa shape index (κ1) is 16.7. The molecule has 3 rings (SSSR count). The van der Waals surface area contributed by atoms with Crippen molar-refractivity contribution in [2.24, 2.45) is 11.8 Å². The number of likely N-dealkylation sites (tertiary alicyclic amines) is 1. The second kappa shape index (κ2) is 6.42. The van der Waals surface area contributed by atoms with Crippen molar-refractivity contribution in [3.8, 4) is 12.1 Å². The van der Waals surface area contributed by atoms with E-state index in [1.54, 1.807) is 0 Å². The van der Waals surface area contributed by atoms with Gasteiger partial charge in [0.05, 0.1) is 14.1 Å². The molecule has 0 spiro atoms. The second-order valence-electron chi connectivity index (χ2n) is 8.47. The van der Waals surface area contributed by atoms with E-state index in [1.807, 2.05) is 0 Å². The number of hydrogen-bond acceptors (Lipinski definition) is 2. The van der Waals surface area contributed by atoms with Crippen molar-refractivity contribution in [3.05, 3.63) is 0 Å². The monoisotopic (exact) mass is 316 g/mol. The molecule has 2 aliphatic carbocycles. The van der Waals surface area contributed by atoms with E-state index in [2.05, 4.69) is 26.2 Å². The fourth-order valence-electron chi connectivity index (χ4n) is 5.91. The molecule has 0 aromatic heterocycles. The van der Waals surface area contributed by atoms with E-state index in [0.29, 0.717) is 11.8 Å². The Morgan fingerprint density at radius 1 is 0.957 bits per heavy atom. The van der Waals surface area contributed by atoms with Crippen LogP contribution in [-0.2, 0) is 0 Å². The average molecular weight is 316 g/mol. The fourth-order valence-corrected chi connectivity index (χ4v) is 5.91. The summed E-state index contributed by atoms with van der Waals surface area (Å²) in [5.74, 6) is 1.02. The predicted molar refractivity (Wildman–Crippen MR) is 88.7 cm³/mol. The summed E-state index contributed by atoms with van der Waals surface area (Å²) in [4.78, 5) is 2.78. The van der Waals surface area contributed by atoms with Crippen molar-refractivity contribution in [3.63, 3.8) is 0 Å². The Morgan fingerprint density at radius 3 is 1.91 bits per heavy atom. The molecule has 1 aliphatic heterocycles. The Morgan fingerprint density at radius 2 is 1.48 bits per heavy atom. The first-order chi connectivity index (χ1) is 11.1. The Kier molecular flexibility index (Phi) is 4.68. The van der Waals surface area contributed by atoms with E-state index in [0.717, 1.165) is 45.2 Å². The van der Waals surface area contributed by atoms with Gasteiger partial charge in [0, 0.05) is 24.7 Å². The second-order valence-corrected chi connectivity index (χ2v) is 8.47. The molecule has 3 aliphatic rings. The fraction of sp³-hybridized carbons (Fsp3) is 0.895. The number of nitrogens with one attached hydrogen (secondary N) is 2. The van der Waals surface area contributed by atoms with Crippen LogP contribution < -0.4 is 9.80 Å². The van der Waals surface area contributed by atoms with Crippen LogP contribution in [0.4, 0.5) is 0 Å². The van der Waals surface area contributed by atoms with Crippen molar-refractivity contribution in [2.75, 3.05) is 27.2 Å². The van der Waals surface area contributed by atoms with Crippen LogP contribution in [-0.4, -0.2) is 38.3 Å². The molecular weight excluding hydrogens is 284 g/mol. The van der Waals surface area contributed by atoms with E-state index in [4.69, 9.17) is 0 Å². The van der Waals surface area contributed by atoms with Crippen LogP contribution >= 0.6 is 0 Å². The molecule has 0 amide bonds. The predicted octanol–water partition coefficient (Wildman–Crippen LogP) is 0.325. The normalized spacial score (nSPS) is 43.1. The minimum Gasteiger partial charge on any atom is -0.335 e. The van der Waals surface area contributed by atoms with Gasteiger partial charge in [-0.25, -0.2) is 0 Å². The maximum Gasteiger partial charge on any atom is 0.188 e. The zero-order valence-corrected chi connectivity index (χ0v) is 14.8. The lowest BCUT2D eigenvalue weighted by Gasteiger charge is -2.58. The van der Waals surface area contributed by atoms with Crippen LogP contribution in [0, 0.1) is 34.5 Å². The Hall–Kier alpha value is -1.10. The highest BCUT2D eigenvalue weighted by molar-refractivity contribution is 5.17. The first-order valence-electron chi connectivity index (χ1n) is 9.57. The molecule has 0 radical (unpaired) electrons. The van der Waals surface area contributed by atoms with Crippen molar-refractivity contribution < 1.29 is 9.80 Å². The largest absolute Gasteiger partial charge is 0.335 e. The number of fused-ring (bicyclic) bond motifs is 2. The van der Waals surface area contributed by atoms with E-state index < -0.39 is 0 Å². The quantitative estimate of drug-likeness (QED) is 0.788. The van der Waals surface area contributed by atoms with Gasteiger partial charge in [-0.15, -0.1) is 0 Å². The number of nitriles is 2. The van der Waals surface area contributed by atoms with Gasteiger partial charge in [-0.3, -0.25) is 4.90 Å². The molecule has 1 unspecified atom stereocenters. The van der Waals surface area contributed by atoms with Crippen LogP contribution in [0.1, 0.15) is 57.8 Å². The molecule has 0 aromatic rings. The third-order valence-electron chi connectivity index (χ3n) is 7.06. The van der Waals surface area contributed by atoms with Crippen LogP contribution in [0.5, 0.6) is 0 Å². The molecule has 23 heavy (non-hydrogen) atoms. The lowest BCUT2D eigenvalue weighted by atomic mass is 9.57. The molecule has 2 saturated carbocycles. The van der Waals surface area contributed by atoms with Gasteiger partial charge in [0.1, 0.15) is 25.2 Å². The minimum atomic E-state index is -0.294. The third kappa shape index (κ3) is 2.57. The van der Waals surface area contributed by atoms with Gasteiger partial charge in [0.25, 0.3) is 0 Å². The number of nitrogens with zero attached hydrogens (tertiary/aromatic N) is 2. The van der Waals surface area contributed by atoms with Crippen LogP contribution in [0.3, 0.4) is 0 Å². The molecule has 0 aromatic carbocycles. The van der Waals surface area contributed by atoms with E-state index >= 15 is 0 Å². The van der Waals surface area contributed by atoms with Crippen molar-refractivity contribution in [1.82, 2.24) is 0 Å². The minimum absolute atomic E-state index is 0.294. The molecule has 4 nitrogen and oxygen atoms in total. The zero-order chi connectivity index (χ0) is 16.5. The Balaban J connectivity index is 2.02. The standard InChI is InChI=1S/C19H30N4/c1-22(2)11-12-23-18(14-20)9-5-3-7-16(18)13-17-8-4-6-10-19(17,23)15-21/h16-17H,3-13H2,1-2H3/p+2/t16-,17-,18-,19+/m1/s1. The van der Waals surface area contributed by atoms with E-state index in [-0.39, 0.29) is 11.1 Å². The molecule has 1 heterocycles. The molecule has 126 valence electrons. The summed E-state index contributed by atoms with van der Waals surface area (Å²) in [6.45, 7) is 2.01. The molecule has 0 bridgehead atoms. The van der Waals surface area contributed by atoms with Gasteiger partial charge in [-0.2, -0.15) is 10.5 Å². The first-order valence-corrected chi connectivity index (χ1v) is 9.57. The highest BCUT2D eigenvalue weighted by atomic mass is 15.3. The van der Waals surface area contributed by atoms with Gasteiger partial charge in [0.15, 0.2) is 11.1 Å². The molecule has 1 saturated heterocycles. The lowest BCUT2D eigenvalue weighted by Crippen LogP contribution is -3.31. The molecule has 5 atom stereocenters. The van der Waals surface area contributed by atoms with Crippen LogP contribution in [0.15, 0.2) is 0 Å². The number of hydrogen-bond donors (Lipinski definition) is 2. The van der Waals surface area contributed by atoms with Crippen LogP contribution in [0.2, 0.25) is 0 Å². The molecule has 3 fully saturated rings. The number of rotatable bonds is 3. The summed E-state index contributed by atoms with van der Waals surface area (Å²) in [5, 5.41) is 20.5. The van der Waals surface area contributed by atoms with Gasteiger partial charge in [-0.1, -0.05) is 12.8 Å². The number of piperidine rings is 1. The van der Waals surface area contributed by atoms with Gasteiger partial charge >= 0.3 is 0 Å². The molecule has 4 heteroatoms. The van der Waals surface area contributed by atoms with Crippen molar-refractivity contribution in [2.45, 2.75) is 68.9 Å². The van der Waals surface area contributed by atoms with Gasteiger partial charge < -0.3 is 4.90 Å². The SMILES string of the molecule is C[NH+](C)CC[NH+]1[C@@]2(C#N)CCCC[C@@H]2C[C@H]2CCCC[C@]21C#N. The van der Waals surface area contributed by atoms with Crippen LogP contribution in [0.25, 0.3) is 0 Å². The lowest BCUT2D eigenvalue weighted by molar-refractivity contribution is -1.02. The number of quaternary nitrogens is 2. The summed E-state index contributed by atoms with van der Waals surface area (Å²) >= 11 is 0. The topological polar surface area (TPSA) is 56.5 Å². The summed E-state index contributed by atoms with van der Waals surface area (Å²) < 4.78 is 0. The third-order valence-corrected chi connectivity index (χ3v) is 7.06. The number of likely N-dealkylation sites (N-methyl/N-ethyl adjacent to an activating group) is 1. The summed E-state index contributed by atoms with van der Waals surface area (Å²) in [5.41, 5.74) is -0.589. The Labute approximate surface area is 141 Å². The smallest absolute Gasteiger partial charge is 0.188 e. The highest BCUT2D eigenvalue weighted by Crippen LogP contribution is 2.46. The summed E-state index contributed by atoms with van der Waals surface area (Å²) in [6.07, 6.45) is 10.4. The molecule has 2 N–H and O–H groups in total.